The summed E-state index contributed by atoms with van der Waals surface area (Å²) < 4.78 is 42.3. The lowest BCUT2D eigenvalue weighted by atomic mass is 10.0. The van der Waals surface area contributed by atoms with E-state index in [4.69, 9.17) is 27.7 Å². The van der Waals surface area contributed by atoms with Crippen LogP contribution < -0.4 is 10.6 Å². The summed E-state index contributed by atoms with van der Waals surface area (Å²) in [5.74, 6) is -1.12. The molecule has 3 rings (SSSR count). The Balaban J connectivity index is 1.71. The molecule has 0 aromatic heterocycles. The largest absolute Gasteiger partial charge is 0.508 e. The average Bonchev–Trinajstić information content (AvgIpc) is 2.85. The number of halogens is 2. The average molecular weight is 600 g/mol. The van der Waals surface area contributed by atoms with Crippen molar-refractivity contribution in [1.82, 2.24) is 5.32 Å². The van der Waals surface area contributed by atoms with Crippen LogP contribution in [0.2, 0.25) is 10.0 Å². The summed E-state index contributed by atoms with van der Waals surface area (Å²) in [5.41, 5.74) is 1.76. The van der Waals surface area contributed by atoms with E-state index in [2.05, 4.69) is 5.32 Å². The van der Waals surface area contributed by atoms with E-state index in [0.717, 1.165) is 6.26 Å². The molecular weight excluding hydrogens is 572 g/mol. The first kappa shape index (κ1) is 30.2. The number of carboxylic acids is 1. The van der Waals surface area contributed by atoms with Crippen molar-refractivity contribution in [3.63, 3.8) is 0 Å². The van der Waals surface area contributed by atoms with E-state index in [1.165, 1.54) is 31.4 Å². The second kappa shape index (κ2) is 12.6. The van der Waals surface area contributed by atoms with Crippen molar-refractivity contribution in [1.29, 1.82) is 0 Å². The van der Waals surface area contributed by atoms with Gasteiger partial charge in [0.1, 0.15) is 11.8 Å². The number of carboxylic acid groups (broad SMARTS) is 1. The summed E-state index contributed by atoms with van der Waals surface area (Å²) in [6, 6.07) is 14.6. The molecule has 0 aliphatic rings. The molecule has 12 heteroatoms. The third-order valence-corrected chi connectivity index (χ3v) is 10.3. The zero-order chi connectivity index (χ0) is 28.1. The van der Waals surface area contributed by atoms with Gasteiger partial charge in [-0.15, -0.1) is 0 Å². The molecule has 0 saturated heterocycles. The topological polar surface area (TPSA) is 130 Å². The van der Waals surface area contributed by atoms with Crippen molar-refractivity contribution in [2.45, 2.75) is 30.3 Å². The van der Waals surface area contributed by atoms with Gasteiger partial charge in [-0.2, -0.15) is 0 Å². The second-order valence-corrected chi connectivity index (χ2v) is 14.3. The molecular formula is C26H28Cl2NO7PS. The van der Waals surface area contributed by atoms with Crippen molar-refractivity contribution >= 4 is 51.7 Å². The van der Waals surface area contributed by atoms with E-state index in [-0.39, 0.29) is 29.8 Å². The summed E-state index contributed by atoms with van der Waals surface area (Å²) in [7, 11) is -5.30. The number of phenols is 1. The van der Waals surface area contributed by atoms with Crippen LogP contribution in [-0.4, -0.2) is 50.2 Å². The highest BCUT2D eigenvalue weighted by Gasteiger charge is 2.25. The Hall–Kier alpha value is -2.39. The van der Waals surface area contributed by atoms with E-state index >= 15 is 0 Å². The molecule has 0 saturated carbocycles. The number of aromatic hydroxyl groups is 1. The van der Waals surface area contributed by atoms with Gasteiger partial charge >= 0.3 is 5.97 Å². The lowest BCUT2D eigenvalue weighted by Gasteiger charge is -2.18. The Morgan fingerprint density at radius 3 is 2.29 bits per heavy atom. The summed E-state index contributed by atoms with van der Waals surface area (Å²) in [5, 5.41) is 23.4. The second-order valence-electron chi connectivity index (χ2n) is 8.78. The zero-order valence-electron chi connectivity index (χ0n) is 20.7. The Kier molecular flexibility index (Phi) is 10.0. The fourth-order valence-electron chi connectivity index (χ4n) is 3.89. The molecule has 204 valence electrons. The van der Waals surface area contributed by atoms with Crippen molar-refractivity contribution in [2.75, 3.05) is 19.5 Å². The van der Waals surface area contributed by atoms with Crippen LogP contribution in [0.25, 0.3) is 0 Å². The molecule has 2 unspecified atom stereocenters. The van der Waals surface area contributed by atoms with Crippen molar-refractivity contribution < 1.29 is 32.5 Å². The first-order valence-electron chi connectivity index (χ1n) is 11.5. The Morgan fingerprint density at radius 1 is 1.05 bits per heavy atom. The zero-order valence-corrected chi connectivity index (χ0v) is 23.9. The van der Waals surface area contributed by atoms with Gasteiger partial charge in [-0.1, -0.05) is 41.4 Å². The fraction of sp³-hybridized carbons (Fsp3) is 0.269. The lowest BCUT2D eigenvalue weighted by Crippen LogP contribution is -2.38. The maximum atomic E-state index is 13.3. The predicted molar refractivity (Wildman–Crippen MR) is 149 cm³/mol. The normalized spacial score (nSPS) is 14.1. The minimum absolute atomic E-state index is 0.00881. The molecule has 0 bridgehead atoms. The third-order valence-electron chi connectivity index (χ3n) is 6.00. The van der Waals surface area contributed by atoms with Gasteiger partial charge in [-0.25, -0.2) is 8.42 Å². The van der Waals surface area contributed by atoms with Crippen LogP contribution >= 0.6 is 30.6 Å². The van der Waals surface area contributed by atoms with E-state index in [9.17, 15) is 28.0 Å². The summed E-state index contributed by atoms with van der Waals surface area (Å²) in [6.07, 6.45) is 1.63. The number of aryl methyl sites for hydroxylation is 1. The number of benzene rings is 3. The quantitative estimate of drug-likeness (QED) is 0.256. The van der Waals surface area contributed by atoms with Crippen LogP contribution in [-0.2, 0) is 43.1 Å². The highest BCUT2D eigenvalue weighted by molar-refractivity contribution is 7.90. The Labute approximate surface area is 231 Å². The minimum Gasteiger partial charge on any atom is -0.508 e. The van der Waals surface area contributed by atoms with Gasteiger partial charge < -0.3 is 14.7 Å². The molecule has 0 aliphatic heterocycles. The molecule has 0 fully saturated rings. The summed E-state index contributed by atoms with van der Waals surface area (Å²) in [4.78, 5) is 12.0. The van der Waals surface area contributed by atoms with Crippen LogP contribution in [0.5, 0.6) is 5.75 Å². The van der Waals surface area contributed by atoms with E-state index in [0.29, 0.717) is 38.5 Å². The number of carbonyl (C=O) groups is 1. The molecule has 3 aromatic carbocycles. The number of sulfone groups is 1. The maximum Gasteiger partial charge on any atom is 0.321 e. The van der Waals surface area contributed by atoms with Gasteiger partial charge in [0, 0.05) is 47.0 Å². The molecule has 38 heavy (non-hydrogen) atoms. The van der Waals surface area contributed by atoms with Gasteiger partial charge in [0.05, 0.1) is 4.90 Å². The molecule has 0 aliphatic carbocycles. The maximum absolute atomic E-state index is 13.3. The molecule has 0 spiro atoms. The SMILES string of the molecule is COP(=O)(CCc1cc(Cl)c(CNC(Cc2cccc(S(C)(=O)=O)c2)C(=O)O)c(Cl)c1)c1cccc(O)c1. The molecule has 3 N–H and O–H groups in total. The number of aliphatic carboxylic acids is 1. The standard InChI is InChI=1S/C26H28Cl2NO7PS/c1-36-37(33,20-7-4-6-19(30)15-20)10-9-18-12-23(27)22(24(28)13-18)16-29-25(26(31)32)14-17-5-3-8-21(11-17)38(2,34)35/h3-8,11-13,15,25,29-30H,9-10,14,16H2,1-2H3,(H,31,32). The predicted octanol–water partition coefficient (Wildman–Crippen LogP) is 4.68. The number of phenolic OH excluding ortho intramolecular Hbond substituents is 1. The molecule has 0 radical (unpaired) electrons. The number of hydrogen-bond donors (Lipinski definition) is 3. The van der Waals surface area contributed by atoms with E-state index in [1.54, 1.807) is 36.4 Å². The lowest BCUT2D eigenvalue weighted by molar-refractivity contribution is -0.139. The van der Waals surface area contributed by atoms with Gasteiger partial charge in [-0.05, 0) is 66.4 Å². The summed E-state index contributed by atoms with van der Waals surface area (Å²) in [6.45, 7) is 0.0561. The molecule has 0 amide bonds. The Morgan fingerprint density at radius 2 is 1.71 bits per heavy atom. The summed E-state index contributed by atoms with van der Waals surface area (Å²) >= 11 is 13.0. The van der Waals surface area contributed by atoms with Gasteiger partial charge in [0.25, 0.3) is 0 Å². The molecule has 0 heterocycles. The van der Waals surface area contributed by atoms with Crippen LogP contribution in [0.4, 0.5) is 0 Å². The smallest absolute Gasteiger partial charge is 0.321 e. The van der Waals surface area contributed by atoms with Gasteiger partial charge in [-0.3, -0.25) is 14.7 Å². The van der Waals surface area contributed by atoms with Crippen LogP contribution in [0, 0.1) is 0 Å². The van der Waals surface area contributed by atoms with E-state index in [1.807, 2.05) is 0 Å². The first-order chi connectivity index (χ1) is 17.8. The monoisotopic (exact) mass is 599 g/mol. The molecule has 3 aromatic rings. The number of hydrogen-bond acceptors (Lipinski definition) is 7. The van der Waals surface area contributed by atoms with Gasteiger partial charge in [0.15, 0.2) is 9.84 Å². The molecule has 8 nitrogen and oxygen atoms in total. The third kappa shape index (κ3) is 7.82. The fourth-order valence-corrected chi connectivity index (χ4v) is 7.09. The Bertz CT molecular complexity index is 1460. The van der Waals surface area contributed by atoms with Gasteiger partial charge in [0.2, 0.25) is 7.37 Å². The van der Waals surface area contributed by atoms with Crippen molar-refractivity contribution in [3.8, 4) is 5.75 Å². The van der Waals surface area contributed by atoms with E-state index < -0.39 is 29.2 Å². The molecule has 2 atom stereocenters. The van der Waals surface area contributed by atoms with Crippen LogP contribution in [0.1, 0.15) is 16.7 Å². The van der Waals surface area contributed by atoms with Crippen molar-refractivity contribution in [2.24, 2.45) is 0 Å². The number of rotatable bonds is 12. The van der Waals surface area contributed by atoms with Crippen LogP contribution in [0.15, 0.2) is 65.6 Å². The van der Waals surface area contributed by atoms with Crippen molar-refractivity contribution in [3.05, 3.63) is 87.4 Å². The highest BCUT2D eigenvalue weighted by atomic mass is 35.5. The highest BCUT2D eigenvalue weighted by Crippen LogP contribution is 2.46. The minimum atomic E-state index is -3.42. The first-order valence-corrected chi connectivity index (χ1v) is 15.9. The van der Waals surface area contributed by atoms with Crippen LogP contribution in [0.3, 0.4) is 0 Å². The number of nitrogens with one attached hydrogen (secondary N) is 1.